The fourth-order valence-electron chi connectivity index (χ4n) is 2.17. The Kier molecular flexibility index (Phi) is 4.36. The van der Waals surface area contributed by atoms with Gasteiger partial charge in [-0.25, -0.2) is 0 Å². The largest absolute Gasteiger partial charge is 0.352 e. The second kappa shape index (κ2) is 5.17. The summed E-state index contributed by atoms with van der Waals surface area (Å²) in [4.78, 5) is 11.7. The van der Waals surface area contributed by atoms with Crippen molar-refractivity contribution < 1.29 is 4.79 Å². The van der Waals surface area contributed by atoms with Gasteiger partial charge in [0, 0.05) is 11.6 Å². The van der Waals surface area contributed by atoms with Gasteiger partial charge >= 0.3 is 0 Å². The molecule has 3 unspecified atom stereocenters. The van der Waals surface area contributed by atoms with Gasteiger partial charge in [-0.2, -0.15) is 0 Å². The molecule has 0 saturated heterocycles. The molecule has 1 aliphatic rings. The van der Waals surface area contributed by atoms with E-state index in [4.69, 9.17) is 0 Å². The predicted molar refractivity (Wildman–Crippen MR) is 67.2 cm³/mol. The van der Waals surface area contributed by atoms with E-state index in [1.807, 2.05) is 0 Å². The number of nitrogens with one attached hydrogen (secondary N) is 2. The molecule has 0 bridgehead atoms. The molecule has 94 valence electrons. The van der Waals surface area contributed by atoms with Crippen LogP contribution in [0.1, 0.15) is 47.5 Å². The Hall–Kier alpha value is -0.570. The summed E-state index contributed by atoms with van der Waals surface area (Å²) < 4.78 is 0. The highest BCUT2D eigenvalue weighted by Gasteiger charge is 2.30. The molecule has 1 aliphatic carbocycles. The maximum Gasteiger partial charge on any atom is 0.234 e. The van der Waals surface area contributed by atoms with Crippen LogP contribution in [-0.2, 0) is 4.79 Å². The van der Waals surface area contributed by atoms with Gasteiger partial charge in [-0.3, -0.25) is 4.79 Å². The molecule has 0 aliphatic heterocycles. The van der Waals surface area contributed by atoms with Gasteiger partial charge in [0.05, 0.1) is 6.54 Å². The first-order valence-corrected chi connectivity index (χ1v) is 6.34. The SMILES string of the molecule is CC1CCC(NC(=O)CNC(C)(C)C)C1C. The molecule has 1 rings (SSSR count). The van der Waals surface area contributed by atoms with Gasteiger partial charge in [0.25, 0.3) is 0 Å². The first-order valence-electron chi connectivity index (χ1n) is 6.34. The van der Waals surface area contributed by atoms with E-state index in [2.05, 4.69) is 45.3 Å². The van der Waals surface area contributed by atoms with Crippen molar-refractivity contribution in [3.63, 3.8) is 0 Å². The first kappa shape index (κ1) is 13.5. The zero-order chi connectivity index (χ0) is 12.3. The maximum absolute atomic E-state index is 11.7. The molecule has 0 heterocycles. The lowest BCUT2D eigenvalue weighted by Gasteiger charge is -2.23. The molecule has 0 aromatic carbocycles. The Morgan fingerprint density at radius 1 is 1.25 bits per heavy atom. The molecular weight excluding hydrogens is 200 g/mol. The van der Waals surface area contributed by atoms with Crippen LogP contribution in [0.25, 0.3) is 0 Å². The van der Waals surface area contributed by atoms with Crippen LogP contribution < -0.4 is 10.6 Å². The molecule has 16 heavy (non-hydrogen) atoms. The summed E-state index contributed by atoms with van der Waals surface area (Å²) in [6, 6.07) is 0.379. The molecule has 3 nitrogen and oxygen atoms in total. The van der Waals surface area contributed by atoms with Crippen LogP contribution in [0.15, 0.2) is 0 Å². The fraction of sp³-hybridized carbons (Fsp3) is 0.923. The number of carbonyl (C=O) groups excluding carboxylic acids is 1. The van der Waals surface area contributed by atoms with E-state index in [9.17, 15) is 4.79 Å². The molecule has 2 N–H and O–H groups in total. The van der Waals surface area contributed by atoms with Gasteiger partial charge in [-0.05, 0) is 45.4 Å². The predicted octanol–water partition coefficient (Wildman–Crippen LogP) is 1.93. The van der Waals surface area contributed by atoms with E-state index in [1.54, 1.807) is 0 Å². The van der Waals surface area contributed by atoms with E-state index in [1.165, 1.54) is 6.42 Å². The third-order valence-corrected chi connectivity index (χ3v) is 3.59. The molecule has 3 heteroatoms. The highest BCUT2D eigenvalue weighted by Crippen LogP contribution is 2.30. The third-order valence-electron chi connectivity index (χ3n) is 3.59. The van der Waals surface area contributed by atoms with Gasteiger partial charge in [-0.15, -0.1) is 0 Å². The van der Waals surface area contributed by atoms with Crippen molar-refractivity contribution >= 4 is 5.91 Å². The van der Waals surface area contributed by atoms with Gasteiger partial charge < -0.3 is 10.6 Å². The molecule has 1 amide bonds. The molecule has 1 saturated carbocycles. The summed E-state index contributed by atoms with van der Waals surface area (Å²) >= 11 is 0. The number of hydrogen-bond acceptors (Lipinski definition) is 2. The van der Waals surface area contributed by atoms with Crippen molar-refractivity contribution in [3.8, 4) is 0 Å². The Bertz CT molecular complexity index is 245. The summed E-state index contributed by atoms with van der Waals surface area (Å²) in [5, 5.41) is 6.34. The van der Waals surface area contributed by atoms with Gasteiger partial charge in [0.2, 0.25) is 5.91 Å². The van der Waals surface area contributed by atoms with Crippen LogP contribution in [0.3, 0.4) is 0 Å². The lowest BCUT2D eigenvalue weighted by molar-refractivity contribution is -0.121. The first-order chi connectivity index (χ1) is 7.29. The summed E-state index contributed by atoms with van der Waals surface area (Å²) in [5.41, 5.74) is 0.00588. The normalized spacial score (nSPS) is 30.4. The van der Waals surface area contributed by atoms with Crippen molar-refractivity contribution in [2.75, 3.05) is 6.54 Å². The van der Waals surface area contributed by atoms with Crippen LogP contribution >= 0.6 is 0 Å². The number of hydrogen-bond donors (Lipinski definition) is 2. The second-order valence-electron chi connectivity index (χ2n) is 6.19. The van der Waals surface area contributed by atoms with Crippen molar-refractivity contribution in [2.24, 2.45) is 11.8 Å². The number of amides is 1. The molecule has 1 fully saturated rings. The average Bonchev–Trinajstić information content (AvgIpc) is 2.46. The standard InChI is InChI=1S/C13H26N2O/c1-9-6-7-11(10(9)2)15-12(16)8-14-13(3,4)5/h9-11,14H,6-8H2,1-5H3,(H,15,16). The maximum atomic E-state index is 11.7. The third kappa shape index (κ3) is 4.12. The van der Waals surface area contributed by atoms with Gasteiger partial charge in [0.1, 0.15) is 0 Å². The smallest absolute Gasteiger partial charge is 0.234 e. The summed E-state index contributed by atoms with van der Waals surface area (Å²) in [6.45, 7) is 11.1. The molecule has 0 aromatic rings. The topological polar surface area (TPSA) is 41.1 Å². The quantitative estimate of drug-likeness (QED) is 0.772. The summed E-state index contributed by atoms with van der Waals surface area (Å²) in [7, 11) is 0. The fourth-order valence-corrected chi connectivity index (χ4v) is 2.17. The highest BCUT2D eigenvalue weighted by molar-refractivity contribution is 5.78. The molecule has 0 aromatic heterocycles. The zero-order valence-corrected chi connectivity index (χ0v) is 11.3. The van der Waals surface area contributed by atoms with Crippen LogP contribution in [-0.4, -0.2) is 24.0 Å². The second-order valence-corrected chi connectivity index (χ2v) is 6.19. The monoisotopic (exact) mass is 226 g/mol. The van der Waals surface area contributed by atoms with Crippen molar-refractivity contribution in [1.82, 2.24) is 10.6 Å². The van der Waals surface area contributed by atoms with Crippen molar-refractivity contribution in [2.45, 2.75) is 59.0 Å². The van der Waals surface area contributed by atoms with Crippen molar-refractivity contribution in [1.29, 1.82) is 0 Å². The van der Waals surface area contributed by atoms with E-state index in [-0.39, 0.29) is 11.4 Å². The lowest BCUT2D eigenvalue weighted by atomic mass is 9.98. The lowest BCUT2D eigenvalue weighted by Crippen LogP contribution is -2.46. The molecular formula is C13H26N2O. The Balaban J connectivity index is 2.30. The van der Waals surface area contributed by atoms with Crippen LogP contribution in [0, 0.1) is 11.8 Å². The van der Waals surface area contributed by atoms with Crippen LogP contribution in [0.2, 0.25) is 0 Å². The van der Waals surface area contributed by atoms with Crippen molar-refractivity contribution in [3.05, 3.63) is 0 Å². The van der Waals surface area contributed by atoms with Gasteiger partial charge in [0.15, 0.2) is 0 Å². The Labute approximate surface area is 99.4 Å². The summed E-state index contributed by atoms with van der Waals surface area (Å²) in [6.07, 6.45) is 2.36. The Morgan fingerprint density at radius 3 is 2.31 bits per heavy atom. The van der Waals surface area contributed by atoms with Gasteiger partial charge in [-0.1, -0.05) is 13.8 Å². The Morgan fingerprint density at radius 2 is 1.88 bits per heavy atom. The van der Waals surface area contributed by atoms with E-state index < -0.39 is 0 Å². The molecule has 3 atom stereocenters. The van der Waals surface area contributed by atoms with E-state index >= 15 is 0 Å². The molecule has 0 radical (unpaired) electrons. The number of carbonyl (C=O) groups is 1. The van der Waals surface area contributed by atoms with E-state index in [0.29, 0.717) is 18.5 Å². The minimum atomic E-state index is 0.00588. The minimum Gasteiger partial charge on any atom is -0.352 e. The minimum absolute atomic E-state index is 0.00588. The number of rotatable bonds is 3. The average molecular weight is 226 g/mol. The zero-order valence-electron chi connectivity index (χ0n) is 11.3. The summed E-state index contributed by atoms with van der Waals surface area (Å²) in [5.74, 6) is 1.47. The van der Waals surface area contributed by atoms with Crippen LogP contribution in [0.5, 0.6) is 0 Å². The highest BCUT2D eigenvalue weighted by atomic mass is 16.2. The molecule has 0 spiro atoms. The van der Waals surface area contributed by atoms with Crippen LogP contribution in [0.4, 0.5) is 0 Å². The van der Waals surface area contributed by atoms with E-state index in [0.717, 1.165) is 12.3 Å².